The van der Waals surface area contributed by atoms with E-state index in [1.54, 1.807) is 13.8 Å². The highest BCUT2D eigenvalue weighted by Gasteiger charge is 2.69. The fourth-order valence-corrected chi connectivity index (χ4v) is 3.04. The molecule has 0 aromatic heterocycles. The van der Waals surface area contributed by atoms with Gasteiger partial charge in [0.25, 0.3) is 11.4 Å². The molecular formula is C17H28O10. The first kappa shape index (κ1) is 23.3. The van der Waals surface area contributed by atoms with Crippen molar-refractivity contribution in [3.05, 3.63) is 11.5 Å². The molecule has 0 radical (unpaired) electrons. The molecule has 1 aliphatic heterocycles. The van der Waals surface area contributed by atoms with Crippen molar-refractivity contribution in [1.82, 2.24) is 0 Å². The minimum Gasteiger partial charge on any atom is -0.484 e. The van der Waals surface area contributed by atoms with E-state index < -0.39 is 53.8 Å². The summed E-state index contributed by atoms with van der Waals surface area (Å²) in [6.07, 6.45) is -1.09. The van der Waals surface area contributed by atoms with E-state index in [2.05, 4.69) is 4.89 Å². The molecule has 0 amide bonds. The average molecular weight is 392 g/mol. The minimum absolute atomic E-state index is 0.0301. The van der Waals surface area contributed by atoms with Gasteiger partial charge in [-0.05, 0) is 18.8 Å². The van der Waals surface area contributed by atoms with Crippen LogP contribution >= 0.6 is 0 Å². The van der Waals surface area contributed by atoms with Gasteiger partial charge >= 0.3 is 5.97 Å². The number of carbonyl (C=O) groups is 2. The Balaban J connectivity index is 3.62. The summed E-state index contributed by atoms with van der Waals surface area (Å²) in [6, 6.07) is 0. The van der Waals surface area contributed by atoms with E-state index in [4.69, 9.17) is 14.6 Å². The molecule has 0 aromatic rings. The van der Waals surface area contributed by atoms with Gasteiger partial charge in [-0.3, -0.25) is 4.79 Å². The van der Waals surface area contributed by atoms with E-state index in [0.29, 0.717) is 6.42 Å². The first-order valence-corrected chi connectivity index (χ1v) is 8.73. The molecule has 0 saturated carbocycles. The number of Topliss-reactive ketones (excluding diaryl/α,β-unsaturated/α-hetero) is 1. The normalized spacial score (nSPS) is 23.2. The van der Waals surface area contributed by atoms with Gasteiger partial charge in [-0.2, -0.15) is 0 Å². The Kier molecular flexibility index (Phi) is 8.18. The van der Waals surface area contributed by atoms with Crippen molar-refractivity contribution >= 4 is 11.8 Å². The lowest BCUT2D eigenvalue weighted by Crippen LogP contribution is -2.66. The summed E-state index contributed by atoms with van der Waals surface area (Å²) < 4.78 is 10.3. The van der Waals surface area contributed by atoms with Gasteiger partial charge in [0.1, 0.15) is 11.7 Å². The maximum Gasteiger partial charge on any atom is 0.379 e. The number of aliphatic hydroxyl groups is 4. The molecule has 1 heterocycles. The number of hydrogen-bond donors (Lipinski definition) is 5. The van der Waals surface area contributed by atoms with Crippen LogP contribution in [0.4, 0.5) is 0 Å². The zero-order valence-electron chi connectivity index (χ0n) is 15.7. The van der Waals surface area contributed by atoms with Gasteiger partial charge in [-0.25, -0.2) is 10.1 Å². The van der Waals surface area contributed by atoms with Crippen LogP contribution in [0, 0.1) is 5.92 Å². The van der Waals surface area contributed by atoms with Crippen LogP contribution in [0.1, 0.15) is 40.0 Å². The molecule has 0 saturated heterocycles. The van der Waals surface area contributed by atoms with Crippen LogP contribution in [0.15, 0.2) is 11.5 Å². The van der Waals surface area contributed by atoms with Crippen LogP contribution in [0.25, 0.3) is 0 Å². The maximum atomic E-state index is 12.8. The quantitative estimate of drug-likeness (QED) is 0.126. The van der Waals surface area contributed by atoms with Crippen molar-refractivity contribution in [2.24, 2.45) is 5.92 Å². The molecule has 1 aliphatic rings. The Morgan fingerprint density at radius 2 is 1.96 bits per heavy atom. The Bertz CT molecular complexity index is 572. The van der Waals surface area contributed by atoms with Crippen molar-refractivity contribution in [2.75, 3.05) is 19.8 Å². The second-order valence-electron chi connectivity index (χ2n) is 6.87. The van der Waals surface area contributed by atoms with E-state index in [1.807, 2.05) is 6.92 Å². The molecule has 1 unspecified atom stereocenters. The molecule has 0 bridgehead atoms. The van der Waals surface area contributed by atoms with E-state index in [0.717, 1.165) is 6.42 Å². The largest absolute Gasteiger partial charge is 0.484 e. The van der Waals surface area contributed by atoms with Gasteiger partial charge in [0, 0.05) is 0 Å². The highest BCUT2D eigenvalue weighted by Crippen LogP contribution is 2.45. The Morgan fingerprint density at radius 1 is 1.33 bits per heavy atom. The first-order chi connectivity index (χ1) is 12.6. The number of ether oxygens (including phenoxy) is 2. The Labute approximate surface area is 156 Å². The summed E-state index contributed by atoms with van der Waals surface area (Å²) in [6.45, 7) is 3.11. The smallest absolute Gasteiger partial charge is 0.379 e. The van der Waals surface area contributed by atoms with Crippen molar-refractivity contribution < 1.29 is 49.6 Å². The number of esters is 1. The molecule has 0 aromatic carbocycles. The number of ketones is 1. The molecule has 27 heavy (non-hydrogen) atoms. The van der Waals surface area contributed by atoms with Crippen LogP contribution in [0.2, 0.25) is 0 Å². The summed E-state index contributed by atoms with van der Waals surface area (Å²) in [7, 11) is 0. The fourth-order valence-electron chi connectivity index (χ4n) is 3.04. The number of hydrogen-bond acceptors (Lipinski definition) is 10. The lowest BCUT2D eigenvalue weighted by Gasteiger charge is -2.42. The second kappa shape index (κ2) is 9.47. The number of carbonyl (C=O) groups excluding carboxylic acids is 2. The monoisotopic (exact) mass is 392 g/mol. The third-order valence-corrected chi connectivity index (χ3v) is 4.28. The van der Waals surface area contributed by atoms with Gasteiger partial charge in [-0.1, -0.05) is 27.2 Å². The second-order valence-corrected chi connectivity index (χ2v) is 6.87. The number of rotatable bonds is 12. The predicted molar refractivity (Wildman–Crippen MR) is 90.0 cm³/mol. The van der Waals surface area contributed by atoms with E-state index in [1.165, 1.54) is 0 Å². The molecule has 0 spiro atoms. The van der Waals surface area contributed by atoms with E-state index in [9.17, 15) is 30.2 Å². The predicted octanol–water partition coefficient (Wildman–Crippen LogP) is -0.508. The van der Waals surface area contributed by atoms with Gasteiger partial charge in [0.05, 0.1) is 19.8 Å². The zero-order valence-corrected chi connectivity index (χ0v) is 15.7. The molecule has 1 rings (SSSR count). The van der Waals surface area contributed by atoms with E-state index >= 15 is 0 Å². The van der Waals surface area contributed by atoms with Crippen molar-refractivity contribution in [3.8, 4) is 0 Å². The van der Waals surface area contributed by atoms with E-state index in [-0.39, 0.29) is 18.9 Å². The summed E-state index contributed by atoms with van der Waals surface area (Å²) in [5.74, 6) is -4.42. The standard InChI is InChI=1S/C17H28O10/c1-4-5-6-25-12-14(27-24)17(26-15(12)22,13(21)11(20)8-18)16(23,9-19)7-10(2)3/h10-11,18-20,23-24H,4-9H2,1-3H3/t11?,16-,17-/m0/s1. The molecule has 10 heteroatoms. The lowest BCUT2D eigenvalue weighted by molar-refractivity contribution is -0.255. The number of cyclic esters (lactones) is 1. The summed E-state index contributed by atoms with van der Waals surface area (Å²) >= 11 is 0. The van der Waals surface area contributed by atoms with Crippen molar-refractivity contribution in [1.29, 1.82) is 0 Å². The van der Waals surface area contributed by atoms with Crippen LogP contribution in [-0.4, -0.2) is 74.6 Å². The van der Waals surface area contributed by atoms with Crippen LogP contribution < -0.4 is 0 Å². The first-order valence-electron chi connectivity index (χ1n) is 8.73. The van der Waals surface area contributed by atoms with Crippen LogP contribution in [0.5, 0.6) is 0 Å². The molecule has 10 nitrogen and oxygen atoms in total. The number of unbranched alkanes of at least 4 members (excludes halogenated alkanes) is 1. The molecule has 3 atom stereocenters. The summed E-state index contributed by atoms with van der Waals surface area (Å²) in [5.41, 5.74) is -5.25. The molecule has 0 fully saturated rings. The molecule has 0 aliphatic carbocycles. The fraction of sp³-hybridized carbons (Fsp3) is 0.765. The third kappa shape index (κ3) is 4.25. The van der Waals surface area contributed by atoms with Gasteiger partial charge in [-0.15, -0.1) is 0 Å². The highest BCUT2D eigenvalue weighted by molar-refractivity contribution is 6.03. The molecule has 5 N–H and O–H groups in total. The lowest BCUT2D eigenvalue weighted by atomic mass is 9.72. The zero-order chi connectivity index (χ0) is 20.8. The SMILES string of the molecule is CCCCOC1=C(OO)[C@@](C(=O)C(O)CO)([C@@](O)(CO)CC(C)C)OC1=O. The average Bonchev–Trinajstić information content (AvgIpc) is 2.93. The molecule has 156 valence electrons. The summed E-state index contributed by atoms with van der Waals surface area (Å²) in [5, 5.41) is 49.3. The highest BCUT2D eigenvalue weighted by atomic mass is 17.1. The van der Waals surface area contributed by atoms with Crippen LogP contribution in [-0.2, 0) is 24.0 Å². The maximum absolute atomic E-state index is 12.8. The van der Waals surface area contributed by atoms with Crippen LogP contribution in [0.3, 0.4) is 0 Å². The minimum atomic E-state index is -2.79. The van der Waals surface area contributed by atoms with Crippen molar-refractivity contribution in [3.63, 3.8) is 0 Å². The third-order valence-electron chi connectivity index (χ3n) is 4.28. The number of aliphatic hydroxyl groups excluding tert-OH is 3. The Hall–Kier alpha value is -1.72. The van der Waals surface area contributed by atoms with Gasteiger partial charge < -0.3 is 34.8 Å². The summed E-state index contributed by atoms with van der Waals surface area (Å²) in [4.78, 5) is 29.4. The topological polar surface area (TPSA) is 163 Å². The van der Waals surface area contributed by atoms with Crippen molar-refractivity contribution in [2.45, 2.75) is 57.3 Å². The molecular weight excluding hydrogens is 364 g/mol. The van der Waals surface area contributed by atoms with Gasteiger partial charge in [0.2, 0.25) is 11.5 Å². The Morgan fingerprint density at radius 3 is 2.41 bits per heavy atom. The van der Waals surface area contributed by atoms with Gasteiger partial charge in [0.15, 0.2) is 0 Å².